The number of aromatic nitrogens is 2. The van der Waals surface area contributed by atoms with Gasteiger partial charge < -0.3 is 10.3 Å². The summed E-state index contributed by atoms with van der Waals surface area (Å²) in [7, 11) is 0. The summed E-state index contributed by atoms with van der Waals surface area (Å²) in [5.74, 6) is 1.97. The molecule has 1 aromatic heterocycles. The number of hydrogen-bond acceptors (Lipinski definition) is 4. The van der Waals surface area contributed by atoms with Gasteiger partial charge in [-0.15, -0.1) is 0 Å². The Labute approximate surface area is 90.2 Å². The van der Waals surface area contributed by atoms with Crippen molar-refractivity contribution >= 4 is 0 Å². The third-order valence-corrected chi connectivity index (χ3v) is 3.02. The van der Waals surface area contributed by atoms with Crippen LogP contribution in [0.4, 0.5) is 0 Å². The molecule has 1 aliphatic carbocycles. The van der Waals surface area contributed by atoms with Gasteiger partial charge in [0.05, 0.1) is 6.04 Å². The Hall–Kier alpha value is -0.900. The van der Waals surface area contributed by atoms with Crippen LogP contribution < -0.4 is 5.73 Å². The molecule has 1 heterocycles. The fraction of sp³-hybridized carbons (Fsp3) is 0.818. The smallest absolute Gasteiger partial charge is 0.243 e. The van der Waals surface area contributed by atoms with Crippen LogP contribution in [-0.2, 0) is 5.41 Å². The Morgan fingerprint density at radius 3 is 2.67 bits per heavy atom. The lowest BCUT2D eigenvalue weighted by atomic mass is 10.0. The van der Waals surface area contributed by atoms with Crippen molar-refractivity contribution in [1.82, 2.24) is 10.1 Å². The fourth-order valence-corrected chi connectivity index (χ4v) is 1.65. The van der Waals surface area contributed by atoms with Gasteiger partial charge in [-0.3, -0.25) is 0 Å². The molecular formula is C11H19N3O. The van der Waals surface area contributed by atoms with Gasteiger partial charge in [0.25, 0.3) is 0 Å². The minimum Gasteiger partial charge on any atom is -0.338 e. The first kappa shape index (κ1) is 10.6. The Kier molecular flexibility index (Phi) is 2.54. The molecular weight excluding hydrogens is 190 g/mol. The highest BCUT2D eigenvalue weighted by Crippen LogP contribution is 2.46. The minimum absolute atomic E-state index is 0.117. The first-order valence-corrected chi connectivity index (χ1v) is 5.61. The second-order valence-corrected chi connectivity index (χ2v) is 5.25. The molecule has 0 spiro atoms. The van der Waals surface area contributed by atoms with Gasteiger partial charge in [0.2, 0.25) is 5.89 Å². The lowest BCUT2D eigenvalue weighted by molar-refractivity contribution is 0.330. The molecule has 0 aromatic carbocycles. The summed E-state index contributed by atoms with van der Waals surface area (Å²) in [5, 5.41) is 4.01. The van der Waals surface area contributed by atoms with Crippen molar-refractivity contribution in [3.63, 3.8) is 0 Å². The van der Waals surface area contributed by atoms with Crippen molar-refractivity contribution in [3.05, 3.63) is 11.7 Å². The van der Waals surface area contributed by atoms with Gasteiger partial charge in [-0.1, -0.05) is 25.9 Å². The fourth-order valence-electron chi connectivity index (χ4n) is 1.65. The van der Waals surface area contributed by atoms with Gasteiger partial charge in [0.1, 0.15) is 0 Å². The topological polar surface area (TPSA) is 64.9 Å². The van der Waals surface area contributed by atoms with Gasteiger partial charge in [-0.05, 0) is 25.2 Å². The van der Waals surface area contributed by atoms with Crippen molar-refractivity contribution in [2.24, 2.45) is 11.7 Å². The molecule has 4 nitrogen and oxygen atoms in total. The maximum atomic E-state index is 5.98. The van der Waals surface area contributed by atoms with Crippen LogP contribution in [0.2, 0.25) is 0 Å². The van der Waals surface area contributed by atoms with E-state index in [9.17, 15) is 0 Å². The third kappa shape index (κ3) is 2.20. The minimum atomic E-state index is -0.117. The molecule has 2 N–H and O–H groups in total. The van der Waals surface area contributed by atoms with E-state index in [2.05, 4.69) is 30.9 Å². The molecule has 2 rings (SSSR count). The molecule has 1 saturated carbocycles. The van der Waals surface area contributed by atoms with E-state index in [1.165, 1.54) is 0 Å². The van der Waals surface area contributed by atoms with Crippen LogP contribution in [0.3, 0.4) is 0 Å². The summed E-state index contributed by atoms with van der Waals surface area (Å²) in [4.78, 5) is 4.39. The number of nitrogens with zero attached hydrogens (tertiary/aromatic N) is 2. The maximum absolute atomic E-state index is 5.98. The normalized spacial score (nSPS) is 20.6. The Bertz CT molecular complexity index is 341. The SMILES string of the molecule is CC(C)C[C@@H](N)c1nc(C2(C)CC2)no1. The molecule has 1 aromatic rings. The highest BCUT2D eigenvalue weighted by Gasteiger charge is 2.43. The summed E-state index contributed by atoms with van der Waals surface area (Å²) >= 11 is 0. The molecule has 4 heteroatoms. The van der Waals surface area contributed by atoms with Crippen LogP contribution in [-0.4, -0.2) is 10.1 Å². The van der Waals surface area contributed by atoms with Crippen molar-refractivity contribution in [2.75, 3.05) is 0 Å². The van der Waals surface area contributed by atoms with E-state index in [1.807, 2.05) is 0 Å². The molecule has 0 unspecified atom stereocenters. The summed E-state index contributed by atoms with van der Waals surface area (Å²) in [6, 6.07) is -0.117. The second kappa shape index (κ2) is 3.59. The van der Waals surface area contributed by atoms with Crippen LogP contribution in [0.25, 0.3) is 0 Å². The lowest BCUT2D eigenvalue weighted by Gasteiger charge is -2.08. The first-order chi connectivity index (χ1) is 7.01. The number of nitrogens with two attached hydrogens (primary N) is 1. The molecule has 1 aliphatic rings. The monoisotopic (exact) mass is 209 g/mol. The van der Waals surface area contributed by atoms with E-state index in [0.717, 1.165) is 25.1 Å². The van der Waals surface area contributed by atoms with Gasteiger partial charge in [0, 0.05) is 5.41 Å². The highest BCUT2D eigenvalue weighted by atomic mass is 16.5. The van der Waals surface area contributed by atoms with E-state index >= 15 is 0 Å². The summed E-state index contributed by atoms with van der Waals surface area (Å²) in [5.41, 5.74) is 6.14. The van der Waals surface area contributed by atoms with Gasteiger partial charge in [0.15, 0.2) is 5.82 Å². The van der Waals surface area contributed by atoms with E-state index < -0.39 is 0 Å². The average molecular weight is 209 g/mol. The zero-order valence-electron chi connectivity index (χ0n) is 9.66. The van der Waals surface area contributed by atoms with E-state index in [4.69, 9.17) is 10.3 Å². The maximum Gasteiger partial charge on any atom is 0.243 e. The van der Waals surface area contributed by atoms with Crippen LogP contribution in [0.1, 0.15) is 57.8 Å². The summed E-state index contributed by atoms with van der Waals surface area (Å²) in [6.45, 7) is 6.44. The summed E-state index contributed by atoms with van der Waals surface area (Å²) < 4.78 is 5.21. The van der Waals surface area contributed by atoms with E-state index in [1.54, 1.807) is 0 Å². The predicted molar refractivity (Wildman–Crippen MR) is 57.3 cm³/mol. The quantitative estimate of drug-likeness (QED) is 0.825. The molecule has 0 radical (unpaired) electrons. The Morgan fingerprint density at radius 2 is 2.13 bits per heavy atom. The van der Waals surface area contributed by atoms with Crippen molar-refractivity contribution in [2.45, 2.75) is 51.5 Å². The zero-order valence-corrected chi connectivity index (χ0v) is 9.66. The molecule has 0 bridgehead atoms. The van der Waals surface area contributed by atoms with Crippen LogP contribution in [0.5, 0.6) is 0 Å². The third-order valence-electron chi connectivity index (χ3n) is 3.02. The molecule has 0 aliphatic heterocycles. The largest absolute Gasteiger partial charge is 0.338 e. The first-order valence-electron chi connectivity index (χ1n) is 5.61. The van der Waals surface area contributed by atoms with Crippen molar-refractivity contribution < 1.29 is 4.52 Å². The van der Waals surface area contributed by atoms with Crippen molar-refractivity contribution in [1.29, 1.82) is 0 Å². The molecule has 15 heavy (non-hydrogen) atoms. The van der Waals surface area contributed by atoms with Gasteiger partial charge >= 0.3 is 0 Å². The number of rotatable bonds is 4. The molecule has 0 amide bonds. The zero-order chi connectivity index (χ0) is 11.1. The Balaban J connectivity index is 2.06. The van der Waals surface area contributed by atoms with E-state index in [-0.39, 0.29) is 11.5 Å². The lowest BCUT2D eigenvalue weighted by Crippen LogP contribution is -2.13. The van der Waals surface area contributed by atoms with Gasteiger partial charge in [-0.25, -0.2) is 0 Å². The van der Waals surface area contributed by atoms with E-state index in [0.29, 0.717) is 11.8 Å². The molecule has 84 valence electrons. The van der Waals surface area contributed by atoms with Gasteiger partial charge in [-0.2, -0.15) is 4.98 Å². The summed E-state index contributed by atoms with van der Waals surface area (Å²) in [6.07, 6.45) is 3.20. The number of hydrogen-bond donors (Lipinski definition) is 1. The molecule has 1 atom stereocenters. The van der Waals surface area contributed by atoms with Crippen LogP contribution in [0.15, 0.2) is 4.52 Å². The molecule has 0 saturated heterocycles. The Morgan fingerprint density at radius 1 is 1.47 bits per heavy atom. The van der Waals surface area contributed by atoms with Crippen LogP contribution >= 0.6 is 0 Å². The highest BCUT2D eigenvalue weighted by molar-refractivity contribution is 5.14. The van der Waals surface area contributed by atoms with Crippen LogP contribution in [0, 0.1) is 5.92 Å². The molecule has 1 fully saturated rings. The van der Waals surface area contributed by atoms with Crippen molar-refractivity contribution in [3.8, 4) is 0 Å². The average Bonchev–Trinajstić information content (AvgIpc) is 2.72. The second-order valence-electron chi connectivity index (χ2n) is 5.25. The predicted octanol–water partition coefficient (Wildman–Crippen LogP) is 2.17. The standard InChI is InChI=1S/C11H19N3O/c1-7(2)6-8(12)9-13-10(14-15-9)11(3)4-5-11/h7-8H,4-6,12H2,1-3H3/t8-/m1/s1.